The lowest BCUT2D eigenvalue weighted by Gasteiger charge is -2.33. The van der Waals surface area contributed by atoms with Crippen molar-refractivity contribution in [2.75, 3.05) is 19.7 Å². The second-order valence-corrected chi connectivity index (χ2v) is 6.05. The van der Waals surface area contributed by atoms with Crippen LogP contribution < -0.4 is 11.2 Å². The number of aromatic nitrogens is 3. The Labute approximate surface area is 147 Å². The molecule has 1 atom stereocenters. The first-order valence-corrected chi connectivity index (χ1v) is 8.20. The number of hydrogen-bond donors (Lipinski definition) is 2. The molecule has 0 radical (unpaired) electrons. The number of fused-ring (bicyclic) bond motifs is 1. The number of nitrogens with one attached hydrogen (secondary N) is 2. The second-order valence-electron chi connectivity index (χ2n) is 6.05. The second kappa shape index (κ2) is 6.57. The molecule has 132 valence electrons. The van der Waals surface area contributed by atoms with E-state index in [1.807, 2.05) is 30.3 Å². The molecule has 0 bridgehead atoms. The van der Waals surface area contributed by atoms with E-state index in [4.69, 9.17) is 4.74 Å². The number of nitrogens with zero attached hydrogens (tertiary/aromatic N) is 2. The molecule has 1 saturated heterocycles. The van der Waals surface area contributed by atoms with Gasteiger partial charge in [0.25, 0.3) is 11.5 Å². The van der Waals surface area contributed by atoms with Gasteiger partial charge in [-0.05, 0) is 11.6 Å². The van der Waals surface area contributed by atoms with E-state index in [1.165, 1.54) is 12.3 Å². The summed E-state index contributed by atoms with van der Waals surface area (Å²) >= 11 is 0. The van der Waals surface area contributed by atoms with Crippen LogP contribution >= 0.6 is 0 Å². The summed E-state index contributed by atoms with van der Waals surface area (Å²) in [5.74, 6) is -0.228. The standard InChI is InChI=1S/C18H16N4O4/c23-16-13-8-12(9-19-15(13)20-18(25)21-16)17(24)22-6-7-26-14(10-22)11-4-2-1-3-5-11/h1-5,8-9,14H,6-7,10H2,(H2,19,20,21,23,25). The van der Waals surface area contributed by atoms with E-state index in [0.717, 1.165) is 5.56 Å². The number of rotatable bonds is 2. The monoisotopic (exact) mass is 352 g/mol. The number of H-pyrrole nitrogens is 2. The molecule has 1 fully saturated rings. The SMILES string of the molecule is O=C(c1cnc2[nH]c(=O)[nH]c(=O)c2c1)N1CCOC(c2ccccc2)C1. The zero-order chi connectivity index (χ0) is 18.1. The van der Waals surface area contributed by atoms with Gasteiger partial charge in [0, 0.05) is 12.7 Å². The summed E-state index contributed by atoms with van der Waals surface area (Å²) < 4.78 is 5.78. The molecule has 2 aromatic heterocycles. The molecular weight excluding hydrogens is 336 g/mol. The minimum absolute atomic E-state index is 0.152. The number of aromatic amines is 2. The lowest BCUT2D eigenvalue weighted by Crippen LogP contribution is -2.42. The number of pyridine rings is 1. The Balaban J connectivity index is 1.62. The molecule has 26 heavy (non-hydrogen) atoms. The van der Waals surface area contributed by atoms with E-state index < -0.39 is 11.2 Å². The zero-order valence-corrected chi connectivity index (χ0v) is 13.8. The van der Waals surface area contributed by atoms with Crippen LogP contribution in [-0.2, 0) is 4.74 Å². The lowest BCUT2D eigenvalue weighted by atomic mass is 10.1. The van der Waals surface area contributed by atoms with Gasteiger partial charge in [0.1, 0.15) is 11.8 Å². The van der Waals surface area contributed by atoms with Crippen LogP contribution in [0.2, 0.25) is 0 Å². The third kappa shape index (κ3) is 3.02. The van der Waals surface area contributed by atoms with E-state index >= 15 is 0 Å². The largest absolute Gasteiger partial charge is 0.370 e. The molecule has 1 aliphatic heterocycles. The third-order valence-corrected chi connectivity index (χ3v) is 4.36. The summed E-state index contributed by atoms with van der Waals surface area (Å²) in [6.07, 6.45) is 1.18. The Bertz CT molecular complexity index is 1070. The van der Waals surface area contributed by atoms with Crippen molar-refractivity contribution in [1.82, 2.24) is 19.9 Å². The molecule has 2 N–H and O–H groups in total. The summed E-state index contributed by atoms with van der Waals surface area (Å²) in [5, 5.41) is 0.170. The number of amides is 1. The van der Waals surface area contributed by atoms with Gasteiger partial charge < -0.3 is 9.64 Å². The maximum atomic E-state index is 12.8. The van der Waals surface area contributed by atoms with Crippen molar-refractivity contribution in [2.45, 2.75) is 6.10 Å². The first kappa shape index (κ1) is 16.2. The zero-order valence-electron chi connectivity index (χ0n) is 13.8. The summed E-state index contributed by atoms with van der Waals surface area (Å²) in [4.78, 5) is 46.4. The average molecular weight is 352 g/mol. The fourth-order valence-electron chi connectivity index (χ4n) is 3.05. The van der Waals surface area contributed by atoms with Gasteiger partial charge in [-0.1, -0.05) is 30.3 Å². The van der Waals surface area contributed by atoms with Gasteiger partial charge in [-0.25, -0.2) is 9.78 Å². The predicted octanol–water partition coefficient (Wildman–Crippen LogP) is 0.825. The van der Waals surface area contributed by atoms with Crippen LogP contribution in [0.15, 0.2) is 52.2 Å². The molecule has 3 aromatic rings. The van der Waals surface area contributed by atoms with Crippen LogP contribution in [0, 0.1) is 0 Å². The average Bonchev–Trinajstić information content (AvgIpc) is 2.68. The minimum atomic E-state index is -0.632. The van der Waals surface area contributed by atoms with Crippen molar-refractivity contribution in [3.05, 3.63) is 74.6 Å². The number of morpholine rings is 1. The molecule has 0 saturated carbocycles. The van der Waals surface area contributed by atoms with Crippen molar-refractivity contribution in [2.24, 2.45) is 0 Å². The maximum absolute atomic E-state index is 12.8. The van der Waals surface area contributed by atoms with Crippen LogP contribution in [0.1, 0.15) is 22.0 Å². The van der Waals surface area contributed by atoms with Crippen molar-refractivity contribution in [1.29, 1.82) is 0 Å². The molecule has 4 rings (SSSR count). The molecule has 8 heteroatoms. The van der Waals surface area contributed by atoms with Crippen LogP contribution in [-0.4, -0.2) is 45.5 Å². The summed E-state index contributed by atoms with van der Waals surface area (Å²) in [6.45, 7) is 1.31. The Morgan fingerprint density at radius 1 is 1.19 bits per heavy atom. The molecule has 0 spiro atoms. The third-order valence-electron chi connectivity index (χ3n) is 4.36. The van der Waals surface area contributed by atoms with Crippen molar-refractivity contribution < 1.29 is 9.53 Å². The number of benzene rings is 1. The van der Waals surface area contributed by atoms with E-state index in [0.29, 0.717) is 25.3 Å². The van der Waals surface area contributed by atoms with Crippen LogP contribution in [0.25, 0.3) is 11.0 Å². The van der Waals surface area contributed by atoms with E-state index in [2.05, 4.69) is 15.0 Å². The van der Waals surface area contributed by atoms with Crippen LogP contribution in [0.5, 0.6) is 0 Å². The fraction of sp³-hybridized carbons (Fsp3) is 0.222. The Morgan fingerprint density at radius 3 is 2.81 bits per heavy atom. The Morgan fingerprint density at radius 2 is 2.00 bits per heavy atom. The van der Waals surface area contributed by atoms with Gasteiger partial charge in [-0.2, -0.15) is 0 Å². The van der Waals surface area contributed by atoms with Gasteiger partial charge >= 0.3 is 5.69 Å². The summed E-state index contributed by atoms with van der Waals surface area (Å²) in [5.41, 5.74) is 0.252. The maximum Gasteiger partial charge on any atom is 0.327 e. The van der Waals surface area contributed by atoms with E-state index in [9.17, 15) is 14.4 Å². The van der Waals surface area contributed by atoms with E-state index in [1.54, 1.807) is 4.90 Å². The van der Waals surface area contributed by atoms with E-state index in [-0.39, 0.29) is 23.0 Å². The number of carbonyl (C=O) groups is 1. The lowest BCUT2D eigenvalue weighted by molar-refractivity contribution is -0.0228. The molecule has 0 aliphatic carbocycles. The Kier molecular flexibility index (Phi) is 4.10. The van der Waals surface area contributed by atoms with Gasteiger partial charge in [-0.3, -0.25) is 19.6 Å². The van der Waals surface area contributed by atoms with Gasteiger partial charge in [-0.15, -0.1) is 0 Å². The molecule has 1 aliphatic rings. The quantitative estimate of drug-likeness (QED) is 0.710. The van der Waals surface area contributed by atoms with Crippen LogP contribution in [0.3, 0.4) is 0 Å². The topological polar surface area (TPSA) is 108 Å². The molecule has 1 unspecified atom stereocenters. The molecule has 1 amide bonds. The first-order valence-electron chi connectivity index (χ1n) is 8.20. The minimum Gasteiger partial charge on any atom is -0.370 e. The first-order chi connectivity index (χ1) is 12.6. The normalized spacial score (nSPS) is 17.4. The number of hydrogen-bond acceptors (Lipinski definition) is 5. The highest BCUT2D eigenvalue weighted by atomic mass is 16.5. The van der Waals surface area contributed by atoms with Gasteiger partial charge in [0.15, 0.2) is 0 Å². The molecule has 3 heterocycles. The fourth-order valence-corrected chi connectivity index (χ4v) is 3.05. The summed E-state index contributed by atoms with van der Waals surface area (Å²) in [6, 6.07) is 11.2. The van der Waals surface area contributed by atoms with Crippen LogP contribution in [0.4, 0.5) is 0 Å². The Hall–Kier alpha value is -3.26. The molecular formula is C18H16N4O4. The summed E-state index contributed by atoms with van der Waals surface area (Å²) in [7, 11) is 0. The molecule has 1 aromatic carbocycles. The highest BCUT2D eigenvalue weighted by Crippen LogP contribution is 2.23. The van der Waals surface area contributed by atoms with Crippen molar-refractivity contribution in [3.63, 3.8) is 0 Å². The highest BCUT2D eigenvalue weighted by molar-refractivity contribution is 5.96. The van der Waals surface area contributed by atoms with Gasteiger partial charge in [0.05, 0.1) is 24.1 Å². The highest BCUT2D eigenvalue weighted by Gasteiger charge is 2.26. The number of ether oxygens (including phenoxy) is 1. The smallest absolute Gasteiger partial charge is 0.327 e. The van der Waals surface area contributed by atoms with Crippen molar-refractivity contribution >= 4 is 16.9 Å². The molecule has 8 nitrogen and oxygen atoms in total. The van der Waals surface area contributed by atoms with Gasteiger partial charge in [0.2, 0.25) is 0 Å². The van der Waals surface area contributed by atoms with Crippen molar-refractivity contribution in [3.8, 4) is 0 Å². The predicted molar refractivity (Wildman–Crippen MR) is 94.0 cm³/mol. The number of carbonyl (C=O) groups excluding carboxylic acids is 1.